The maximum absolute atomic E-state index is 12.7. The molecule has 0 radical (unpaired) electrons. The second-order valence-electron chi connectivity index (χ2n) is 7.33. The molecule has 0 aliphatic carbocycles. The maximum Gasteiger partial charge on any atom is 0.348 e. The van der Waals surface area contributed by atoms with Crippen molar-refractivity contribution in [2.24, 2.45) is 0 Å². The van der Waals surface area contributed by atoms with Gasteiger partial charge in [-0.1, -0.05) is 42.5 Å². The molecule has 4 rings (SSSR count). The Hall–Kier alpha value is -3.03. The van der Waals surface area contributed by atoms with E-state index in [1.165, 1.54) is 11.3 Å². The number of hydrogen-bond donors (Lipinski definition) is 0. The normalized spacial score (nSPS) is 11.1. The van der Waals surface area contributed by atoms with Gasteiger partial charge in [0.1, 0.15) is 9.88 Å². The Labute approximate surface area is 188 Å². The molecule has 0 saturated heterocycles. The number of thiazole rings is 1. The van der Waals surface area contributed by atoms with Crippen molar-refractivity contribution >= 4 is 44.8 Å². The Morgan fingerprint density at radius 1 is 0.968 bits per heavy atom. The smallest absolute Gasteiger partial charge is 0.348 e. The molecule has 0 fully saturated rings. The van der Waals surface area contributed by atoms with Crippen molar-refractivity contribution in [3.05, 3.63) is 77.2 Å². The average Bonchev–Trinajstić information content (AvgIpc) is 3.43. The van der Waals surface area contributed by atoms with E-state index in [2.05, 4.69) is 4.98 Å². The number of esters is 1. The number of carbonyl (C=O) groups is 2. The van der Waals surface area contributed by atoms with E-state index in [0.29, 0.717) is 11.4 Å². The third kappa shape index (κ3) is 5.00. The summed E-state index contributed by atoms with van der Waals surface area (Å²) in [6.45, 7) is 4.10. The van der Waals surface area contributed by atoms with Crippen molar-refractivity contribution in [1.29, 1.82) is 0 Å². The van der Waals surface area contributed by atoms with Gasteiger partial charge in [-0.2, -0.15) is 0 Å². The highest BCUT2D eigenvalue weighted by Crippen LogP contribution is 2.34. The number of benzene rings is 2. The van der Waals surface area contributed by atoms with E-state index >= 15 is 0 Å². The van der Waals surface area contributed by atoms with Crippen molar-refractivity contribution in [2.45, 2.75) is 26.4 Å². The second kappa shape index (κ2) is 9.41. The number of hydrogen-bond acceptors (Lipinski definition) is 6. The van der Waals surface area contributed by atoms with Crippen LogP contribution in [0.2, 0.25) is 0 Å². The predicted octanol–water partition coefficient (Wildman–Crippen LogP) is 5.62. The van der Waals surface area contributed by atoms with Crippen LogP contribution in [0.3, 0.4) is 0 Å². The first-order valence-electron chi connectivity index (χ1n) is 9.97. The monoisotopic (exact) mass is 450 g/mol. The summed E-state index contributed by atoms with van der Waals surface area (Å²) in [6.07, 6.45) is 0. The Morgan fingerprint density at radius 3 is 2.45 bits per heavy atom. The molecule has 0 bridgehead atoms. The topological polar surface area (TPSA) is 59.5 Å². The minimum Gasteiger partial charge on any atom is -0.451 e. The zero-order valence-electron chi connectivity index (χ0n) is 17.3. The molecule has 0 unspecified atom stereocenters. The summed E-state index contributed by atoms with van der Waals surface area (Å²) >= 11 is 2.91. The molecule has 1 amide bonds. The van der Waals surface area contributed by atoms with Gasteiger partial charge in [0.15, 0.2) is 6.61 Å². The number of carbonyl (C=O) groups excluding carboxylic acids is 2. The highest BCUT2D eigenvalue weighted by Gasteiger charge is 2.20. The van der Waals surface area contributed by atoms with E-state index in [4.69, 9.17) is 4.74 Å². The van der Waals surface area contributed by atoms with Crippen molar-refractivity contribution in [3.8, 4) is 9.88 Å². The fourth-order valence-corrected chi connectivity index (χ4v) is 5.08. The largest absolute Gasteiger partial charge is 0.451 e. The first-order chi connectivity index (χ1) is 15.0. The molecule has 4 aromatic rings. The van der Waals surface area contributed by atoms with Gasteiger partial charge in [0.05, 0.1) is 15.1 Å². The van der Waals surface area contributed by atoms with E-state index in [1.807, 2.05) is 74.5 Å². The SMILES string of the molecule is CC(C)N(Cc1ccccc1)C(=O)COC(=O)c1ccc(-c2nc3ccccc3s2)s1. The van der Waals surface area contributed by atoms with Crippen LogP contribution in [-0.4, -0.2) is 34.4 Å². The Kier molecular flexibility index (Phi) is 6.44. The molecule has 0 aliphatic heterocycles. The summed E-state index contributed by atoms with van der Waals surface area (Å²) in [5, 5.41) is 0.871. The zero-order chi connectivity index (χ0) is 21.8. The lowest BCUT2D eigenvalue weighted by atomic mass is 10.2. The van der Waals surface area contributed by atoms with E-state index in [9.17, 15) is 9.59 Å². The second-order valence-corrected chi connectivity index (χ2v) is 9.44. The fraction of sp³-hybridized carbons (Fsp3) is 0.208. The summed E-state index contributed by atoms with van der Waals surface area (Å²) in [6, 6.07) is 21.3. The zero-order valence-corrected chi connectivity index (χ0v) is 18.9. The molecule has 158 valence electrons. The number of amides is 1. The summed E-state index contributed by atoms with van der Waals surface area (Å²) in [5.74, 6) is -0.704. The highest BCUT2D eigenvalue weighted by atomic mass is 32.1. The van der Waals surface area contributed by atoms with Gasteiger partial charge in [-0.25, -0.2) is 9.78 Å². The van der Waals surface area contributed by atoms with Crippen LogP contribution < -0.4 is 0 Å². The van der Waals surface area contributed by atoms with E-state index < -0.39 is 5.97 Å². The Balaban J connectivity index is 1.39. The molecule has 2 aromatic heterocycles. The van der Waals surface area contributed by atoms with Crippen LogP contribution in [0.5, 0.6) is 0 Å². The summed E-state index contributed by atoms with van der Waals surface area (Å²) < 4.78 is 6.43. The van der Waals surface area contributed by atoms with Gasteiger partial charge in [0.25, 0.3) is 5.91 Å². The summed E-state index contributed by atoms with van der Waals surface area (Å²) in [5.41, 5.74) is 1.98. The van der Waals surface area contributed by atoms with E-state index in [0.717, 1.165) is 25.7 Å². The van der Waals surface area contributed by atoms with Crippen molar-refractivity contribution in [3.63, 3.8) is 0 Å². The summed E-state index contributed by atoms with van der Waals surface area (Å²) in [4.78, 5) is 32.9. The number of ether oxygens (including phenoxy) is 1. The number of rotatable bonds is 7. The molecule has 0 N–H and O–H groups in total. The molecular formula is C24H22N2O3S2. The first-order valence-corrected chi connectivity index (χ1v) is 11.6. The lowest BCUT2D eigenvalue weighted by Gasteiger charge is -2.26. The molecule has 2 heterocycles. The quantitative estimate of drug-likeness (QED) is 0.343. The number of thiophene rings is 1. The van der Waals surface area contributed by atoms with Crippen molar-refractivity contribution in [2.75, 3.05) is 6.61 Å². The van der Waals surface area contributed by atoms with Gasteiger partial charge >= 0.3 is 5.97 Å². The standard InChI is InChI=1S/C24H22N2O3S2/c1-16(2)26(14-17-8-4-3-5-9-17)22(27)15-29-24(28)21-13-12-20(30-21)23-25-18-10-6-7-11-19(18)31-23/h3-13,16H,14-15H2,1-2H3. The maximum atomic E-state index is 12.7. The molecule has 0 spiro atoms. The van der Waals surface area contributed by atoms with E-state index in [1.54, 1.807) is 22.3 Å². The van der Waals surface area contributed by atoms with Crippen LogP contribution in [0, 0.1) is 0 Å². The van der Waals surface area contributed by atoms with Gasteiger partial charge in [-0.15, -0.1) is 22.7 Å². The molecule has 0 atom stereocenters. The number of para-hydroxylation sites is 1. The van der Waals surface area contributed by atoms with Gasteiger partial charge in [0, 0.05) is 12.6 Å². The Bertz CT molecular complexity index is 1160. The van der Waals surface area contributed by atoms with Crippen LogP contribution in [0.1, 0.15) is 29.1 Å². The third-order valence-corrected chi connectivity index (χ3v) is 7.05. The minimum absolute atomic E-state index is 0.00113. The van der Waals surface area contributed by atoms with Crippen LogP contribution in [-0.2, 0) is 16.1 Å². The first kappa shape index (κ1) is 21.2. The molecule has 31 heavy (non-hydrogen) atoms. The predicted molar refractivity (Wildman–Crippen MR) is 125 cm³/mol. The van der Waals surface area contributed by atoms with Crippen molar-refractivity contribution in [1.82, 2.24) is 9.88 Å². The minimum atomic E-state index is -0.492. The number of aromatic nitrogens is 1. The van der Waals surface area contributed by atoms with E-state index in [-0.39, 0.29) is 18.6 Å². The molecule has 0 saturated carbocycles. The Morgan fingerprint density at radius 2 is 1.71 bits per heavy atom. The average molecular weight is 451 g/mol. The molecule has 0 aliphatic rings. The summed E-state index contributed by atoms with van der Waals surface area (Å²) in [7, 11) is 0. The van der Waals surface area contributed by atoms with Crippen molar-refractivity contribution < 1.29 is 14.3 Å². The fourth-order valence-electron chi connectivity index (χ4n) is 3.16. The van der Waals surface area contributed by atoms with Crippen LogP contribution >= 0.6 is 22.7 Å². The molecular weight excluding hydrogens is 428 g/mol. The van der Waals surface area contributed by atoms with Gasteiger partial charge in [-0.3, -0.25) is 4.79 Å². The molecule has 5 nitrogen and oxygen atoms in total. The molecule has 7 heteroatoms. The lowest BCUT2D eigenvalue weighted by molar-refractivity contribution is -0.136. The lowest BCUT2D eigenvalue weighted by Crippen LogP contribution is -2.39. The van der Waals surface area contributed by atoms with Gasteiger partial charge < -0.3 is 9.64 Å². The number of fused-ring (bicyclic) bond motifs is 1. The van der Waals surface area contributed by atoms with Crippen LogP contribution in [0.15, 0.2) is 66.7 Å². The highest BCUT2D eigenvalue weighted by molar-refractivity contribution is 7.26. The number of nitrogens with zero attached hydrogens (tertiary/aromatic N) is 2. The van der Waals surface area contributed by atoms with Crippen LogP contribution in [0.4, 0.5) is 0 Å². The third-order valence-electron chi connectivity index (χ3n) is 4.78. The molecule has 2 aromatic carbocycles. The van der Waals surface area contributed by atoms with Gasteiger partial charge in [0.2, 0.25) is 0 Å². The van der Waals surface area contributed by atoms with Crippen LogP contribution in [0.25, 0.3) is 20.1 Å². The van der Waals surface area contributed by atoms with Gasteiger partial charge in [-0.05, 0) is 43.7 Å².